The van der Waals surface area contributed by atoms with Crippen LogP contribution in [-0.2, 0) is 17.8 Å². The van der Waals surface area contributed by atoms with Gasteiger partial charge < -0.3 is 14.4 Å². The Bertz CT molecular complexity index is 1400. The number of methoxy groups -OCH3 is 2. The Balaban J connectivity index is 1.69. The van der Waals surface area contributed by atoms with Crippen LogP contribution >= 0.6 is 24.0 Å². The standard InChI is InChI=1S/C29H34N4O4S2/c1-5-6-14-32-26(31-12-7-8-13-31)21(19(2)22(18-30)27(32)34)17-25-28(35)33(29(38)39-25)15-11-20-9-10-23(36-3)24(16-20)37-4/h9-10,16-17H,5-8,11-15H2,1-4H3/b25-17-. The Morgan fingerprint density at radius 3 is 2.49 bits per heavy atom. The number of benzene rings is 1. The molecular weight excluding hydrogens is 532 g/mol. The summed E-state index contributed by atoms with van der Waals surface area (Å²) in [6.45, 7) is 6.51. The van der Waals surface area contributed by atoms with Gasteiger partial charge in [0.05, 0.1) is 19.1 Å². The molecule has 3 heterocycles. The van der Waals surface area contributed by atoms with E-state index in [-0.39, 0.29) is 17.0 Å². The third-order valence-electron chi connectivity index (χ3n) is 7.21. The van der Waals surface area contributed by atoms with Crippen LogP contribution in [0.1, 0.15) is 54.9 Å². The molecular formula is C29H34N4O4S2. The number of nitrogens with zero attached hydrogens (tertiary/aromatic N) is 4. The van der Waals surface area contributed by atoms with Crippen LogP contribution in [0.3, 0.4) is 0 Å². The number of rotatable bonds is 10. The van der Waals surface area contributed by atoms with Crippen LogP contribution < -0.4 is 19.9 Å². The minimum atomic E-state index is -0.259. The van der Waals surface area contributed by atoms with Crippen molar-refractivity contribution in [3.63, 3.8) is 0 Å². The molecule has 2 fully saturated rings. The van der Waals surface area contributed by atoms with Crippen molar-refractivity contribution < 1.29 is 14.3 Å². The van der Waals surface area contributed by atoms with Crippen LogP contribution in [-0.4, -0.2) is 53.5 Å². The summed E-state index contributed by atoms with van der Waals surface area (Å²) in [4.78, 5) is 31.2. The van der Waals surface area contributed by atoms with Crippen LogP contribution in [0.15, 0.2) is 27.9 Å². The third-order valence-corrected chi connectivity index (χ3v) is 8.59. The fraction of sp³-hybridized carbons (Fsp3) is 0.448. The molecule has 1 amide bonds. The van der Waals surface area contributed by atoms with Gasteiger partial charge in [-0.15, -0.1) is 0 Å². The smallest absolute Gasteiger partial charge is 0.270 e. The number of nitriles is 1. The Morgan fingerprint density at radius 2 is 1.85 bits per heavy atom. The second kappa shape index (κ2) is 12.7. The third kappa shape index (κ3) is 5.85. The summed E-state index contributed by atoms with van der Waals surface area (Å²) < 4.78 is 13.0. The van der Waals surface area contributed by atoms with E-state index in [4.69, 9.17) is 21.7 Å². The zero-order valence-corrected chi connectivity index (χ0v) is 24.5. The molecule has 0 aliphatic carbocycles. The highest BCUT2D eigenvalue weighted by Gasteiger charge is 2.33. The van der Waals surface area contributed by atoms with E-state index >= 15 is 0 Å². The summed E-state index contributed by atoms with van der Waals surface area (Å²) in [5.74, 6) is 1.92. The van der Waals surface area contributed by atoms with Crippen molar-refractivity contribution in [2.24, 2.45) is 0 Å². The highest BCUT2D eigenvalue weighted by molar-refractivity contribution is 8.26. The zero-order chi connectivity index (χ0) is 28.1. The number of hydrogen-bond acceptors (Lipinski definition) is 8. The molecule has 206 valence electrons. The number of anilines is 1. The highest BCUT2D eigenvalue weighted by Crippen LogP contribution is 2.37. The summed E-state index contributed by atoms with van der Waals surface area (Å²) in [5.41, 5.74) is 2.23. The number of unbranched alkanes of at least 4 members (excludes halogenated alkanes) is 1. The Hall–Kier alpha value is -3.29. The van der Waals surface area contributed by atoms with Gasteiger partial charge in [0.25, 0.3) is 11.5 Å². The summed E-state index contributed by atoms with van der Waals surface area (Å²) in [6, 6.07) is 7.82. The topological polar surface area (TPSA) is 87.8 Å². The molecule has 0 radical (unpaired) electrons. The van der Waals surface area contributed by atoms with Crippen molar-refractivity contribution in [1.29, 1.82) is 5.26 Å². The van der Waals surface area contributed by atoms with Crippen LogP contribution in [0.4, 0.5) is 5.82 Å². The molecule has 1 aromatic carbocycles. The lowest BCUT2D eigenvalue weighted by atomic mass is 10.0. The molecule has 2 aromatic rings. The molecule has 4 rings (SSSR count). The molecule has 0 saturated carbocycles. The van der Waals surface area contributed by atoms with E-state index in [2.05, 4.69) is 17.9 Å². The van der Waals surface area contributed by atoms with Gasteiger partial charge in [-0.05, 0) is 61.9 Å². The molecule has 0 atom stereocenters. The zero-order valence-electron chi connectivity index (χ0n) is 22.9. The number of thioether (sulfide) groups is 1. The molecule has 39 heavy (non-hydrogen) atoms. The summed E-state index contributed by atoms with van der Waals surface area (Å²) in [7, 11) is 3.19. The average Bonchev–Trinajstić information content (AvgIpc) is 3.56. The molecule has 0 bridgehead atoms. The fourth-order valence-corrected chi connectivity index (χ4v) is 6.33. The maximum atomic E-state index is 13.5. The van der Waals surface area contributed by atoms with E-state index in [1.807, 2.05) is 24.3 Å². The maximum absolute atomic E-state index is 13.5. The van der Waals surface area contributed by atoms with Crippen molar-refractivity contribution in [1.82, 2.24) is 9.47 Å². The lowest BCUT2D eigenvalue weighted by Crippen LogP contribution is -2.33. The summed E-state index contributed by atoms with van der Waals surface area (Å²) in [6.07, 6.45) is 6.26. The Kier molecular flexibility index (Phi) is 9.36. The number of pyridine rings is 1. The van der Waals surface area contributed by atoms with E-state index in [0.717, 1.165) is 55.7 Å². The molecule has 0 spiro atoms. The van der Waals surface area contributed by atoms with Crippen molar-refractivity contribution >= 4 is 46.1 Å². The lowest BCUT2D eigenvalue weighted by molar-refractivity contribution is -0.122. The van der Waals surface area contributed by atoms with E-state index in [0.29, 0.717) is 45.8 Å². The number of thiocarbonyl (C=S) groups is 1. The first-order chi connectivity index (χ1) is 18.8. The molecule has 1 aromatic heterocycles. The van der Waals surface area contributed by atoms with Gasteiger partial charge in [0.15, 0.2) is 11.5 Å². The molecule has 2 aliphatic rings. The number of carbonyl (C=O) groups is 1. The second-order valence-electron chi connectivity index (χ2n) is 9.63. The monoisotopic (exact) mass is 566 g/mol. The van der Waals surface area contributed by atoms with Crippen molar-refractivity contribution in [2.75, 3.05) is 38.8 Å². The minimum absolute atomic E-state index is 0.129. The van der Waals surface area contributed by atoms with Gasteiger partial charge in [-0.1, -0.05) is 43.4 Å². The summed E-state index contributed by atoms with van der Waals surface area (Å²) >= 11 is 6.87. The van der Waals surface area contributed by atoms with Crippen LogP contribution in [0.25, 0.3) is 6.08 Å². The number of carbonyl (C=O) groups excluding carboxylic acids is 1. The molecule has 2 aliphatic heterocycles. The van der Waals surface area contributed by atoms with E-state index in [1.165, 1.54) is 11.8 Å². The molecule has 0 N–H and O–H groups in total. The summed E-state index contributed by atoms with van der Waals surface area (Å²) in [5, 5.41) is 9.86. The lowest BCUT2D eigenvalue weighted by Gasteiger charge is -2.27. The average molecular weight is 567 g/mol. The van der Waals surface area contributed by atoms with E-state index < -0.39 is 0 Å². The number of amides is 1. The largest absolute Gasteiger partial charge is 0.493 e. The molecule has 0 unspecified atom stereocenters. The molecule has 8 nitrogen and oxygen atoms in total. The van der Waals surface area contributed by atoms with Crippen molar-refractivity contribution in [3.05, 3.63) is 55.7 Å². The van der Waals surface area contributed by atoms with Crippen LogP contribution in [0, 0.1) is 18.3 Å². The second-order valence-corrected chi connectivity index (χ2v) is 11.3. The van der Waals surface area contributed by atoms with Crippen LogP contribution in [0.2, 0.25) is 0 Å². The van der Waals surface area contributed by atoms with Crippen molar-refractivity contribution in [2.45, 2.75) is 52.5 Å². The minimum Gasteiger partial charge on any atom is -0.493 e. The van der Waals surface area contributed by atoms with Crippen molar-refractivity contribution in [3.8, 4) is 17.6 Å². The van der Waals surface area contributed by atoms with Gasteiger partial charge >= 0.3 is 0 Å². The first-order valence-corrected chi connectivity index (χ1v) is 14.5. The van der Waals surface area contributed by atoms with Gasteiger partial charge in [0.1, 0.15) is 21.8 Å². The predicted octanol–water partition coefficient (Wildman–Crippen LogP) is 4.89. The Labute approximate surface area is 239 Å². The van der Waals surface area contributed by atoms with E-state index in [1.54, 1.807) is 30.6 Å². The van der Waals surface area contributed by atoms with Gasteiger partial charge in [0, 0.05) is 31.7 Å². The quantitative estimate of drug-likeness (QED) is 0.297. The van der Waals surface area contributed by atoms with Gasteiger partial charge in [0.2, 0.25) is 0 Å². The molecule has 10 heteroatoms. The normalized spacial score (nSPS) is 16.3. The predicted molar refractivity (Wildman–Crippen MR) is 160 cm³/mol. The highest BCUT2D eigenvalue weighted by atomic mass is 32.2. The SMILES string of the molecule is CCCCn1c(N2CCCC2)c(/C=C2\SC(=S)N(CCc3ccc(OC)c(OC)c3)C2=O)c(C)c(C#N)c1=O. The maximum Gasteiger partial charge on any atom is 0.270 e. The van der Waals surface area contributed by atoms with Gasteiger partial charge in [-0.3, -0.25) is 19.1 Å². The fourth-order valence-electron chi connectivity index (χ4n) is 5.04. The first-order valence-electron chi connectivity index (χ1n) is 13.2. The van der Waals surface area contributed by atoms with E-state index in [9.17, 15) is 14.9 Å². The first kappa shape index (κ1) is 28.7. The van der Waals surface area contributed by atoms with Gasteiger partial charge in [-0.25, -0.2) is 0 Å². The Morgan fingerprint density at radius 1 is 1.13 bits per heavy atom. The van der Waals surface area contributed by atoms with Gasteiger partial charge in [-0.2, -0.15) is 5.26 Å². The number of hydrogen-bond donors (Lipinski definition) is 0. The van der Waals surface area contributed by atoms with Crippen LogP contribution in [0.5, 0.6) is 11.5 Å². The number of ether oxygens (including phenoxy) is 2. The molecule has 2 saturated heterocycles. The number of aromatic nitrogens is 1.